The Balaban J connectivity index is 2.03. The maximum absolute atomic E-state index is 5.40. The Kier molecular flexibility index (Phi) is 4.58. The van der Waals surface area contributed by atoms with Crippen molar-refractivity contribution in [2.24, 2.45) is 5.73 Å². The average molecular weight is 172 g/mol. The summed E-state index contributed by atoms with van der Waals surface area (Å²) in [4.78, 5) is 0. The minimum absolute atomic E-state index is 0.486. The van der Waals surface area contributed by atoms with E-state index in [1.807, 2.05) is 0 Å². The lowest BCUT2D eigenvalue weighted by atomic mass is 10.2. The van der Waals surface area contributed by atoms with Gasteiger partial charge in [-0.05, 0) is 38.8 Å². The molecule has 3 nitrogen and oxygen atoms in total. The van der Waals surface area contributed by atoms with E-state index in [1.165, 1.54) is 19.3 Å². The van der Waals surface area contributed by atoms with Crippen LogP contribution in [0.3, 0.4) is 0 Å². The summed E-state index contributed by atoms with van der Waals surface area (Å²) in [6.07, 6.45) is 5.19. The molecule has 1 aliphatic rings. The van der Waals surface area contributed by atoms with Gasteiger partial charge in [-0.25, -0.2) is 0 Å². The molecule has 0 heterocycles. The number of ether oxygens (including phenoxy) is 1. The first-order chi connectivity index (χ1) is 5.86. The summed E-state index contributed by atoms with van der Waals surface area (Å²) in [5.74, 6) is 0. The highest BCUT2D eigenvalue weighted by Gasteiger charge is 2.23. The molecule has 2 unspecified atom stereocenters. The quantitative estimate of drug-likeness (QED) is 0.593. The number of nitrogens with two attached hydrogens (primary N) is 1. The van der Waals surface area contributed by atoms with Crippen LogP contribution in [0, 0.1) is 0 Å². The number of hydrogen-bond acceptors (Lipinski definition) is 3. The lowest BCUT2D eigenvalue weighted by Gasteiger charge is -2.11. The van der Waals surface area contributed by atoms with Crippen LogP contribution in [0.15, 0.2) is 0 Å². The zero-order chi connectivity index (χ0) is 8.81. The first-order valence-corrected chi connectivity index (χ1v) is 4.83. The van der Waals surface area contributed by atoms with Crippen molar-refractivity contribution < 1.29 is 4.74 Å². The Hall–Kier alpha value is -0.120. The van der Waals surface area contributed by atoms with Gasteiger partial charge >= 0.3 is 0 Å². The van der Waals surface area contributed by atoms with E-state index < -0.39 is 0 Å². The van der Waals surface area contributed by atoms with Gasteiger partial charge in [0.05, 0.1) is 6.10 Å². The van der Waals surface area contributed by atoms with Gasteiger partial charge in [0.25, 0.3) is 0 Å². The molecule has 0 amide bonds. The Morgan fingerprint density at radius 2 is 2.33 bits per heavy atom. The Bertz CT molecular complexity index is 119. The molecule has 0 spiro atoms. The van der Waals surface area contributed by atoms with Crippen molar-refractivity contribution in [2.45, 2.75) is 37.8 Å². The molecular weight excluding hydrogens is 152 g/mol. The smallest absolute Gasteiger partial charge is 0.0586 e. The second kappa shape index (κ2) is 5.51. The number of rotatable bonds is 5. The van der Waals surface area contributed by atoms with E-state index in [1.54, 1.807) is 7.11 Å². The zero-order valence-electron chi connectivity index (χ0n) is 7.88. The molecule has 72 valence electrons. The van der Waals surface area contributed by atoms with Crippen LogP contribution in [0.2, 0.25) is 0 Å². The van der Waals surface area contributed by atoms with Crippen LogP contribution in [0.25, 0.3) is 0 Å². The summed E-state index contributed by atoms with van der Waals surface area (Å²) in [7, 11) is 1.80. The molecule has 0 aromatic carbocycles. The van der Waals surface area contributed by atoms with Crippen LogP contribution in [-0.4, -0.2) is 32.3 Å². The lowest BCUT2D eigenvalue weighted by molar-refractivity contribution is 0.107. The normalized spacial score (nSPS) is 29.5. The Labute approximate surface area is 74.7 Å². The summed E-state index contributed by atoms with van der Waals surface area (Å²) in [5, 5.41) is 3.49. The van der Waals surface area contributed by atoms with E-state index in [2.05, 4.69) is 5.32 Å². The molecule has 1 fully saturated rings. The molecule has 0 aromatic heterocycles. The monoisotopic (exact) mass is 172 g/mol. The van der Waals surface area contributed by atoms with Gasteiger partial charge in [-0.3, -0.25) is 0 Å². The summed E-state index contributed by atoms with van der Waals surface area (Å²) in [6.45, 7) is 1.84. The second-order valence-electron chi connectivity index (χ2n) is 3.46. The van der Waals surface area contributed by atoms with Crippen LogP contribution in [-0.2, 0) is 4.74 Å². The minimum Gasteiger partial charge on any atom is -0.381 e. The number of methoxy groups -OCH3 is 1. The summed E-state index contributed by atoms with van der Waals surface area (Å²) in [6, 6.07) is 0.668. The maximum atomic E-state index is 5.40. The van der Waals surface area contributed by atoms with Gasteiger partial charge in [0.15, 0.2) is 0 Å². The topological polar surface area (TPSA) is 47.3 Å². The van der Waals surface area contributed by atoms with E-state index in [4.69, 9.17) is 10.5 Å². The van der Waals surface area contributed by atoms with Crippen molar-refractivity contribution in [1.82, 2.24) is 5.32 Å². The summed E-state index contributed by atoms with van der Waals surface area (Å²) in [5.41, 5.74) is 5.40. The molecule has 12 heavy (non-hydrogen) atoms. The molecule has 3 N–H and O–H groups in total. The Morgan fingerprint density at radius 3 is 2.92 bits per heavy atom. The molecule has 0 saturated heterocycles. The highest BCUT2D eigenvalue weighted by Crippen LogP contribution is 2.20. The second-order valence-corrected chi connectivity index (χ2v) is 3.46. The van der Waals surface area contributed by atoms with Crippen LogP contribution in [0.4, 0.5) is 0 Å². The van der Waals surface area contributed by atoms with Crippen molar-refractivity contribution in [2.75, 3.05) is 20.2 Å². The van der Waals surface area contributed by atoms with Gasteiger partial charge in [-0.1, -0.05) is 0 Å². The largest absolute Gasteiger partial charge is 0.381 e. The average Bonchev–Trinajstić information content (AvgIpc) is 2.53. The third-order valence-corrected chi connectivity index (χ3v) is 2.53. The molecule has 3 heteroatoms. The van der Waals surface area contributed by atoms with E-state index in [-0.39, 0.29) is 0 Å². The van der Waals surface area contributed by atoms with E-state index in [0.717, 1.165) is 19.5 Å². The van der Waals surface area contributed by atoms with Crippen LogP contribution < -0.4 is 11.1 Å². The number of hydrogen-bond donors (Lipinski definition) is 2. The molecule has 0 radical (unpaired) electrons. The summed E-state index contributed by atoms with van der Waals surface area (Å²) >= 11 is 0. The zero-order valence-corrected chi connectivity index (χ0v) is 7.88. The fourth-order valence-electron chi connectivity index (χ4n) is 1.75. The van der Waals surface area contributed by atoms with Crippen molar-refractivity contribution in [1.29, 1.82) is 0 Å². The van der Waals surface area contributed by atoms with Crippen LogP contribution in [0.1, 0.15) is 25.7 Å². The van der Waals surface area contributed by atoms with Crippen molar-refractivity contribution in [3.05, 3.63) is 0 Å². The van der Waals surface area contributed by atoms with Gasteiger partial charge in [0.1, 0.15) is 0 Å². The van der Waals surface area contributed by atoms with Gasteiger partial charge in [-0.15, -0.1) is 0 Å². The Morgan fingerprint density at radius 1 is 1.50 bits per heavy atom. The van der Waals surface area contributed by atoms with Crippen LogP contribution in [0.5, 0.6) is 0 Å². The molecule has 1 saturated carbocycles. The van der Waals surface area contributed by atoms with E-state index in [9.17, 15) is 0 Å². The first kappa shape index (κ1) is 9.96. The SMILES string of the molecule is COC1CCC(NCCCN)C1. The molecule has 1 rings (SSSR count). The molecule has 0 bridgehead atoms. The highest BCUT2D eigenvalue weighted by atomic mass is 16.5. The molecule has 0 aromatic rings. The lowest BCUT2D eigenvalue weighted by Crippen LogP contribution is -2.29. The predicted octanol–water partition coefficient (Wildman–Crippen LogP) is 0.492. The molecular formula is C9H20N2O. The minimum atomic E-state index is 0.486. The van der Waals surface area contributed by atoms with Gasteiger partial charge in [0.2, 0.25) is 0 Å². The maximum Gasteiger partial charge on any atom is 0.0586 e. The van der Waals surface area contributed by atoms with Crippen molar-refractivity contribution in [3.63, 3.8) is 0 Å². The van der Waals surface area contributed by atoms with Crippen LogP contribution >= 0.6 is 0 Å². The fraction of sp³-hybridized carbons (Fsp3) is 1.00. The molecule has 0 aliphatic heterocycles. The fourth-order valence-corrected chi connectivity index (χ4v) is 1.75. The third-order valence-electron chi connectivity index (χ3n) is 2.53. The van der Waals surface area contributed by atoms with Gasteiger partial charge in [-0.2, -0.15) is 0 Å². The molecule has 2 atom stereocenters. The van der Waals surface area contributed by atoms with Crippen molar-refractivity contribution >= 4 is 0 Å². The molecule has 1 aliphatic carbocycles. The predicted molar refractivity (Wildman–Crippen MR) is 50.1 cm³/mol. The highest BCUT2D eigenvalue weighted by molar-refractivity contribution is 4.80. The van der Waals surface area contributed by atoms with Gasteiger partial charge in [0, 0.05) is 13.2 Å². The number of nitrogens with one attached hydrogen (secondary N) is 1. The standard InChI is InChI=1S/C9H20N2O/c1-12-9-4-3-8(7-9)11-6-2-5-10/h8-9,11H,2-7,10H2,1H3. The third kappa shape index (κ3) is 3.09. The first-order valence-electron chi connectivity index (χ1n) is 4.83. The van der Waals surface area contributed by atoms with Crippen molar-refractivity contribution in [3.8, 4) is 0 Å². The van der Waals surface area contributed by atoms with E-state index in [0.29, 0.717) is 12.1 Å². The summed E-state index contributed by atoms with van der Waals surface area (Å²) < 4.78 is 5.28. The van der Waals surface area contributed by atoms with Gasteiger partial charge < -0.3 is 15.8 Å². The van der Waals surface area contributed by atoms with E-state index >= 15 is 0 Å².